The van der Waals surface area contributed by atoms with E-state index in [9.17, 15) is 9.59 Å². The number of ether oxygens (including phenoxy) is 1. The number of amides is 1. The molecule has 0 aromatic heterocycles. The Bertz CT molecular complexity index is 906. The van der Waals surface area contributed by atoms with Crippen molar-refractivity contribution >= 4 is 11.7 Å². The summed E-state index contributed by atoms with van der Waals surface area (Å²) in [6, 6.07) is 11.4. The standard InChI is InChI=1S/C30H43N3O3.CH4/c34-28(20-32-12-10-22(11-13-32)21-4-2-1-3-5-21)31-29-26-19-25(33-14-16-36-17-15-33)9-8-24(26)18-27(29)30(35)23-6-7-23;/h1-5,22-27,29H,6-20H2,(H,31,34);1H4. The van der Waals surface area contributed by atoms with Crippen molar-refractivity contribution < 1.29 is 14.3 Å². The van der Waals surface area contributed by atoms with Crippen molar-refractivity contribution in [3.63, 3.8) is 0 Å². The molecule has 1 aromatic carbocycles. The van der Waals surface area contributed by atoms with Gasteiger partial charge >= 0.3 is 0 Å². The number of carbonyl (C=O) groups excluding carboxylic acids is 2. The number of Topliss-reactive ketones (excluding diaryl/α,β-unsaturated/α-hetero) is 1. The Labute approximate surface area is 223 Å². The van der Waals surface area contributed by atoms with E-state index in [1.165, 1.54) is 18.4 Å². The van der Waals surface area contributed by atoms with Crippen LogP contribution in [-0.4, -0.2) is 79.5 Å². The normalized spacial score (nSPS) is 33.4. The van der Waals surface area contributed by atoms with Crippen LogP contribution in [0.5, 0.6) is 0 Å². The number of piperidine rings is 1. The maximum absolute atomic E-state index is 13.3. The first-order chi connectivity index (χ1) is 17.7. The van der Waals surface area contributed by atoms with Crippen LogP contribution in [0.15, 0.2) is 30.3 Å². The lowest BCUT2D eigenvalue weighted by atomic mass is 9.77. The number of carbonyl (C=O) groups is 2. The Morgan fingerprint density at radius 1 is 0.892 bits per heavy atom. The quantitative estimate of drug-likeness (QED) is 0.600. The minimum absolute atomic E-state index is 0. The number of likely N-dealkylation sites (tertiary alicyclic amines) is 1. The molecule has 6 rings (SSSR count). The maximum Gasteiger partial charge on any atom is 0.234 e. The molecule has 1 aromatic rings. The molecule has 6 heteroatoms. The lowest BCUT2D eigenvalue weighted by Gasteiger charge is -2.42. The van der Waals surface area contributed by atoms with Gasteiger partial charge in [0.05, 0.1) is 19.8 Å². The second-order valence-electron chi connectivity index (χ2n) is 12.1. The first-order valence-electron chi connectivity index (χ1n) is 14.6. The molecule has 37 heavy (non-hydrogen) atoms. The number of benzene rings is 1. The van der Waals surface area contributed by atoms with Crippen LogP contribution in [-0.2, 0) is 14.3 Å². The number of morpholine rings is 1. The van der Waals surface area contributed by atoms with E-state index in [0.717, 1.165) is 77.9 Å². The Balaban J connectivity index is 0.00000280. The van der Waals surface area contributed by atoms with Gasteiger partial charge in [0.2, 0.25) is 5.91 Å². The van der Waals surface area contributed by atoms with Crippen molar-refractivity contribution in [1.82, 2.24) is 15.1 Å². The predicted octanol–water partition coefficient (Wildman–Crippen LogP) is 4.10. The third-order valence-corrected chi connectivity index (χ3v) is 9.93. The lowest BCUT2D eigenvalue weighted by Crippen LogP contribution is -2.52. The summed E-state index contributed by atoms with van der Waals surface area (Å²) in [5.41, 5.74) is 1.42. The van der Waals surface area contributed by atoms with Crippen LogP contribution in [0.25, 0.3) is 0 Å². The molecule has 6 nitrogen and oxygen atoms in total. The number of rotatable bonds is 7. The molecule has 1 amide bonds. The summed E-state index contributed by atoms with van der Waals surface area (Å²) < 4.78 is 5.59. The molecule has 0 bridgehead atoms. The number of ketones is 1. The highest BCUT2D eigenvalue weighted by Crippen LogP contribution is 2.49. The smallest absolute Gasteiger partial charge is 0.234 e. The van der Waals surface area contributed by atoms with Gasteiger partial charge in [-0.15, -0.1) is 0 Å². The van der Waals surface area contributed by atoms with E-state index in [-0.39, 0.29) is 31.2 Å². The molecule has 2 saturated heterocycles. The molecular weight excluding hydrogens is 462 g/mol. The fourth-order valence-electron chi connectivity index (χ4n) is 7.78. The predicted molar refractivity (Wildman–Crippen MR) is 146 cm³/mol. The van der Waals surface area contributed by atoms with Crippen LogP contribution < -0.4 is 5.32 Å². The number of nitrogens with one attached hydrogen (secondary N) is 1. The molecule has 3 aliphatic carbocycles. The van der Waals surface area contributed by atoms with Gasteiger partial charge in [0.1, 0.15) is 5.78 Å². The molecule has 0 radical (unpaired) electrons. The van der Waals surface area contributed by atoms with Crippen LogP contribution in [0, 0.1) is 23.7 Å². The summed E-state index contributed by atoms with van der Waals surface area (Å²) in [6.45, 7) is 6.08. The molecule has 5 aliphatic rings. The van der Waals surface area contributed by atoms with Gasteiger partial charge in [-0.2, -0.15) is 0 Å². The Morgan fingerprint density at radius 2 is 1.62 bits per heavy atom. The highest BCUT2D eigenvalue weighted by atomic mass is 16.5. The van der Waals surface area contributed by atoms with Gasteiger partial charge in [0.25, 0.3) is 0 Å². The molecule has 5 atom stereocenters. The van der Waals surface area contributed by atoms with E-state index in [2.05, 4.69) is 45.4 Å². The molecule has 204 valence electrons. The zero-order valence-electron chi connectivity index (χ0n) is 21.7. The summed E-state index contributed by atoms with van der Waals surface area (Å²) in [6.07, 6.45) is 8.85. The molecule has 2 aliphatic heterocycles. The topological polar surface area (TPSA) is 61.9 Å². The molecular formula is C31H47N3O3. The second-order valence-corrected chi connectivity index (χ2v) is 12.1. The molecule has 2 heterocycles. The first kappa shape index (κ1) is 26.8. The number of hydrogen-bond donors (Lipinski definition) is 1. The van der Waals surface area contributed by atoms with Gasteiger partial charge < -0.3 is 10.1 Å². The van der Waals surface area contributed by atoms with Gasteiger partial charge in [-0.3, -0.25) is 19.4 Å². The van der Waals surface area contributed by atoms with E-state index >= 15 is 0 Å². The molecule has 3 saturated carbocycles. The van der Waals surface area contributed by atoms with Gasteiger partial charge in [-0.05, 0) is 87.8 Å². The van der Waals surface area contributed by atoms with Crippen LogP contribution in [0.1, 0.15) is 70.3 Å². The third kappa shape index (κ3) is 6.12. The van der Waals surface area contributed by atoms with Gasteiger partial charge in [0.15, 0.2) is 0 Å². The van der Waals surface area contributed by atoms with Crippen LogP contribution in [0.3, 0.4) is 0 Å². The summed E-state index contributed by atoms with van der Waals surface area (Å²) >= 11 is 0. The van der Waals surface area contributed by atoms with E-state index in [4.69, 9.17) is 4.74 Å². The summed E-state index contributed by atoms with van der Waals surface area (Å²) in [7, 11) is 0. The van der Waals surface area contributed by atoms with E-state index in [1.54, 1.807) is 0 Å². The molecule has 1 N–H and O–H groups in total. The molecule has 5 unspecified atom stereocenters. The highest BCUT2D eigenvalue weighted by Gasteiger charge is 2.52. The third-order valence-electron chi connectivity index (χ3n) is 9.93. The highest BCUT2D eigenvalue weighted by molar-refractivity contribution is 5.87. The average molecular weight is 510 g/mol. The lowest BCUT2D eigenvalue weighted by molar-refractivity contribution is -0.127. The van der Waals surface area contributed by atoms with Crippen molar-refractivity contribution in [3.05, 3.63) is 35.9 Å². The fraction of sp³-hybridized carbons (Fsp3) is 0.742. The van der Waals surface area contributed by atoms with Crippen molar-refractivity contribution in [1.29, 1.82) is 0 Å². The summed E-state index contributed by atoms with van der Waals surface area (Å²) in [5, 5.41) is 3.46. The molecule has 0 spiro atoms. The number of nitrogens with zero attached hydrogens (tertiary/aromatic N) is 2. The average Bonchev–Trinajstić information content (AvgIpc) is 3.72. The maximum atomic E-state index is 13.3. The minimum atomic E-state index is 0. The minimum Gasteiger partial charge on any atom is -0.379 e. The van der Waals surface area contributed by atoms with Crippen LogP contribution in [0.4, 0.5) is 0 Å². The Kier molecular flexibility index (Phi) is 8.67. The first-order valence-corrected chi connectivity index (χ1v) is 14.6. The largest absolute Gasteiger partial charge is 0.379 e. The monoisotopic (exact) mass is 509 g/mol. The van der Waals surface area contributed by atoms with E-state index < -0.39 is 0 Å². The Morgan fingerprint density at radius 3 is 2.32 bits per heavy atom. The van der Waals surface area contributed by atoms with Crippen molar-refractivity contribution in [2.24, 2.45) is 23.7 Å². The SMILES string of the molecule is C.O=C(CN1CCC(c2ccccc2)CC1)NC1C(C(=O)C2CC2)CC2CCC(N3CCOCC3)CC21. The van der Waals surface area contributed by atoms with Gasteiger partial charge in [0, 0.05) is 37.0 Å². The number of fused-ring (bicyclic) bond motifs is 1. The zero-order valence-corrected chi connectivity index (χ0v) is 21.7. The molecule has 5 fully saturated rings. The van der Waals surface area contributed by atoms with Crippen LogP contribution >= 0.6 is 0 Å². The number of hydrogen-bond acceptors (Lipinski definition) is 5. The van der Waals surface area contributed by atoms with Gasteiger partial charge in [-0.25, -0.2) is 0 Å². The van der Waals surface area contributed by atoms with E-state index in [1.807, 2.05) is 0 Å². The zero-order chi connectivity index (χ0) is 24.5. The van der Waals surface area contributed by atoms with Crippen molar-refractivity contribution in [3.8, 4) is 0 Å². The summed E-state index contributed by atoms with van der Waals surface area (Å²) in [4.78, 5) is 31.6. The van der Waals surface area contributed by atoms with E-state index in [0.29, 0.717) is 36.1 Å². The van der Waals surface area contributed by atoms with Gasteiger partial charge in [-0.1, -0.05) is 37.8 Å². The Hall–Kier alpha value is -1.76. The van der Waals surface area contributed by atoms with Crippen molar-refractivity contribution in [2.75, 3.05) is 45.9 Å². The summed E-state index contributed by atoms with van der Waals surface area (Å²) in [5.74, 6) is 2.49. The second kappa shape index (κ2) is 12.0. The fourth-order valence-corrected chi connectivity index (χ4v) is 7.78. The van der Waals surface area contributed by atoms with Crippen LogP contribution in [0.2, 0.25) is 0 Å². The van der Waals surface area contributed by atoms with Crippen molar-refractivity contribution in [2.45, 2.75) is 76.8 Å².